The molecule has 2 aliphatic heterocycles. The normalized spacial score (nSPS) is 44.5. The van der Waals surface area contributed by atoms with Crippen molar-refractivity contribution in [3.05, 3.63) is 0 Å². The molecule has 2 saturated heterocycles. The van der Waals surface area contributed by atoms with Crippen molar-refractivity contribution in [1.82, 2.24) is 0 Å². The average Bonchev–Trinajstić information content (AvgIpc) is 2.41. The molecule has 2 heterocycles. The van der Waals surface area contributed by atoms with Gasteiger partial charge in [-0.1, -0.05) is 0 Å². The largest absolute Gasteiger partial charge is 0.372 e. The lowest BCUT2D eigenvalue weighted by atomic mass is 10.1. The standard InChI is InChI=1S/C6H12N2O2.2ClH/c7-3-1-9-6-4(8)2-10-5(3)6;;/h3-6H,1-2,7-8H2;2*1H/t3-,4-,5+,6+;;/m1../s1. The Labute approximate surface area is 83.8 Å². The average molecular weight is 217 g/mol. The van der Waals surface area contributed by atoms with Gasteiger partial charge < -0.3 is 20.9 Å². The van der Waals surface area contributed by atoms with Gasteiger partial charge >= 0.3 is 0 Å². The van der Waals surface area contributed by atoms with Gasteiger partial charge in [0.15, 0.2) is 0 Å². The Hall–Kier alpha value is 0.420. The summed E-state index contributed by atoms with van der Waals surface area (Å²) in [7, 11) is 0. The van der Waals surface area contributed by atoms with Crippen molar-refractivity contribution in [2.45, 2.75) is 24.3 Å². The monoisotopic (exact) mass is 216 g/mol. The van der Waals surface area contributed by atoms with Gasteiger partial charge in [0.05, 0.1) is 25.3 Å². The third-order valence-corrected chi connectivity index (χ3v) is 2.13. The van der Waals surface area contributed by atoms with E-state index in [0.29, 0.717) is 13.2 Å². The number of hydrogen-bond acceptors (Lipinski definition) is 4. The number of hydrogen-bond donors (Lipinski definition) is 2. The summed E-state index contributed by atoms with van der Waals surface area (Å²) in [5.41, 5.74) is 11.4. The highest BCUT2D eigenvalue weighted by Crippen LogP contribution is 2.24. The second-order valence-corrected chi connectivity index (χ2v) is 2.92. The minimum atomic E-state index is 0. The van der Waals surface area contributed by atoms with Crippen molar-refractivity contribution in [3.63, 3.8) is 0 Å². The van der Waals surface area contributed by atoms with Gasteiger partial charge in [0.1, 0.15) is 12.2 Å². The van der Waals surface area contributed by atoms with E-state index in [1.54, 1.807) is 0 Å². The minimum absolute atomic E-state index is 0. The first-order chi connectivity index (χ1) is 4.79. The van der Waals surface area contributed by atoms with Crippen LogP contribution in [0.4, 0.5) is 0 Å². The molecule has 4 N–H and O–H groups in total. The Bertz CT molecular complexity index is 134. The number of nitrogens with two attached hydrogens (primary N) is 2. The summed E-state index contributed by atoms with van der Waals surface area (Å²) in [5, 5.41) is 0. The molecule has 0 bridgehead atoms. The van der Waals surface area contributed by atoms with E-state index in [-0.39, 0.29) is 49.1 Å². The maximum Gasteiger partial charge on any atom is 0.103 e. The lowest BCUT2D eigenvalue weighted by Gasteiger charge is -2.10. The molecule has 2 rings (SSSR count). The first kappa shape index (κ1) is 12.4. The zero-order valence-electron chi connectivity index (χ0n) is 6.51. The summed E-state index contributed by atoms with van der Waals surface area (Å²) in [6.45, 7) is 1.17. The Morgan fingerprint density at radius 3 is 1.50 bits per heavy atom. The SMILES string of the molecule is Cl.Cl.N[C@@H]1CO[C@@H]2[C@H]1OC[C@H]2N. The van der Waals surface area contributed by atoms with Crippen LogP contribution in [0.25, 0.3) is 0 Å². The highest BCUT2D eigenvalue weighted by atomic mass is 35.5. The zero-order valence-corrected chi connectivity index (χ0v) is 8.14. The molecule has 6 heteroatoms. The Morgan fingerprint density at radius 1 is 0.833 bits per heavy atom. The van der Waals surface area contributed by atoms with Crippen LogP contribution in [-0.4, -0.2) is 37.5 Å². The van der Waals surface area contributed by atoms with E-state index in [0.717, 1.165) is 0 Å². The molecule has 0 saturated carbocycles. The molecular weight excluding hydrogens is 203 g/mol. The van der Waals surface area contributed by atoms with Gasteiger partial charge in [0.25, 0.3) is 0 Å². The fourth-order valence-electron chi connectivity index (χ4n) is 1.56. The maximum absolute atomic E-state index is 5.68. The van der Waals surface area contributed by atoms with Crippen LogP contribution in [0.1, 0.15) is 0 Å². The van der Waals surface area contributed by atoms with Crippen molar-refractivity contribution < 1.29 is 9.47 Å². The van der Waals surface area contributed by atoms with E-state index in [1.807, 2.05) is 0 Å². The number of fused-ring (bicyclic) bond motifs is 1. The number of halogens is 2. The molecule has 0 aliphatic carbocycles. The maximum atomic E-state index is 5.68. The third kappa shape index (κ3) is 1.84. The fourth-order valence-corrected chi connectivity index (χ4v) is 1.56. The van der Waals surface area contributed by atoms with Gasteiger partial charge in [0, 0.05) is 0 Å². The molecule has 0 amide bonds. The first-order valence-electron chi connectivity index (χ1n) is 3.53. The van der Waals surface area contributed by atoms with E-state index in [1.165, 1.54) is 0 Å². The second kappa shape index (κ2) is 4.60. The predicted octanol–water partition coefficient (Wildman–Crippen LogP) is -0.718. The summed E-state index contributed by atoms with van der Waals surface area (Å²) in [6, 6.07) is 0.0529. The van der Waals surface area contributed by atoms with Gasteiger partial charge in [0.2, 0.25) is 0 Å². The Morgan fingerprint density at radius 2 is 1.17 bits per heavy atom. The zero-order chi connectivity index (χ0) is 7.14. The highest BCUT2D eigenvalue weighted by molar-refractivity contribution is 5.85. The van der Waals surface area contributed by atoms with E-state index in [2.05, 4.69) is 0 Å². The molecule has 2 fully saturated rings. The summed E-state index contributed by atoms with van der Waals surface area (Å²) in [5.74, 6) is 0. The van der Waals surface area contributed by atoms with Crippen LogP contribution >= 0.6 is 24.8 Å². The van der Waals surface area contributed by atoms with Crippen LogP contribution < -0.4 is 11.5 Å². The lowest BCUT2D eigenvalue weighted by molar-refractivity contribution is 0.0691. The van der Waals surface area contributed by atoms with Crippen molar-refractivity contribution in [3.8, 4) is 0 Å². The minimum Gasteiger partial charge on any atom is -0.372 e. The predicted molar refractivity (Wildman–Crippen MR) is 49.9 cm³/mol. The molecular formula is C6H14Cl2N2O2. The van der Waals surface area contributed by atoms with Crippen LogP contribution in [0.3, 0.4) is 0 Å². The van der Waals surface area contributed by atoms with E-state index >= 15 is 0 Å². The quantitative estimate of drug-likeness (QED) is 0.561. The molecule has 4 atom stereocenters. The summed E-state index contributed by atoms with van der Waals surface area (Å²) in [4.78, 5) is 0. The van der Waals surface area contributed by atoms with E-state index in [4.69, 9.17) is 20.9 Å². The number of rotatable bonds is 0. The molecule has 0 spiro atoms. The Balaban J connectivity index is 0.000000605. The van der Waals surface area contributed by atoms with Crippen molar-refractivity contribution in [2.24, 2.45) is 11.5 Å². The van der Waals surface area contributed by atoms with Crippen LogP contribution in [0.15, 0.2) is 0 Å². The smallest absolute Gasteiger partial charge is 0.103 e. The van der Waals surface area contributed by atoms with Crippen LogP contribution in [0.5, 0.6) is 0 Å². The van der Waals surface area contributed by atoms with E-state index < -0.39 is 0 Å². The summed E-state index contributed by atoms with van der Waals surface area (Å²) in [6.07, 6.45) is 0.102. The van der Waals surface area contributed by atoms with Crippen molar-refractivity contribution in [2.75, 3.05) is 13.2 Å². The van der Waals surface area contributed by atoms with Gasteiger partial charge in [-0.3, -0.25) is 0 Å². The van der Waals surface area contributed by atoms with Gasteiger partial charge in [-0.2, -0.15) is 0 Å². The van der Waals surface area contributed by atoms with Gasteiger partial charge in [-0.25, -0.2) is 0 Å². The van der Waals surface area contributed by atoms with E-state index in [9.17, 15) is 0 Å². The number of ether oxygens (including phenoxy) is 2. The topological polar surface area (TPSA) is 70.5 Å². The first-order valence-corrected chi connectivity index (χ1v) is 3.53. The molecule has 74 valence electrons. The summed E-state index contributed by atoms with van der Waals surface area (Å²) >= 11 is 0. The highest BCUT2D eigenvalue weighted by Gasteiger charge is 2.44. The second-order valence-electron chi connectivity index (χ2n) is 2.92. The van der Waals surface area contributed by atoms with Gasteiger partial charge in [-0.05, 0) is 0 Å². The molecule has 0 aromatic heterocycles. The lowest BCUT2D eigenvalue weighted by Crippen LogP contribution is -2.39. The Kier molecular flexibility index (Phi) is 4.76. The van der Waals surface area contributed by atoms with Crippen LogP contribution in [-0.2, 0) is 9.47 Å². The van der Waals surface area contributed by atoms with Crippen molar-refractivity contribution >= 4 is 24.8 Å². The molecule has 2 aliphatic rings. The molecule has 0 unspecified atom stereocenters. The third-order valence-electron chi connectivity index (χ3n) is 2.13. The summed E-state index contributed by atoms with van der Waals surface area (Å²) < 4.78 is 10.7. The fraction of sp³-hybridized carbons (Fsp3) is 1.00. The molecule has 0 radical (unpaired) electrons. The molecule has 4 nitrogen and oxygen atoms in total. The van der Waals surface area contributed by atoms with Crippen LogP contribution in [0, 0.1) is 0 Å². The molecule has 0 aromatic carbocycles. The molecule has 0 aromatic rings. The van der Waals surface area contributed by atoms with Crippen LogP contribution in [0.2, 0.25) is 0 Å². The van der Waals surface area contributed by atoms with Crippen molar-refractivity contribution in [1.29, 1.82) is 0 Å². The van der Waals surface area contributed by atoms with Gasteiger partial charge in [-0.15, -0.1) is 24.8 Å². The molecule has 12 heavy (non-hydrogen) atoms.